The number of benzene rings is 1. The van der Waals surface area contributed by atoms with E-state index in [-0.39, 0.29) is 0 Å². The van der Waals surface area contributed by atoms with E-state index < -0.39 is 0 Å². The van der Waals surface area contributed by atoms with Crippen molar-refractivity contribution in [3.8, 4) is 0 Å². The zero-order valence-corrected chi connectivity index (χ0v) is 13.7. The summed E-state index contributed by atoms with van der Waals surface area (Å²) in [4.78, 5) is 4.05. The highest BCUT2D eigenvalue weighted by Crippen LogP contribution is 2.32. The molecule has 0 atom stereocenters. The van der Waals surface area contributed by atoms with Gasteiger partial charge in [0.1, 0.15) is 0 Å². The molecule has 1 heterocycles. The van der Waals surface area contributed by atoms with Crippen LogP contribution in [-0.2, 0) is 13.1 Å². The number of hydrogen-bond acceptors (Lipinski definition) is 3. The Morgan fingerprint density at radius 2 is 1.95 bits per heavy atom. The number of nitrogens with one attached hydrogen (secondary N) is 1. The number of thiophene rings is 1. The predicted molar refractivity (Wildman–Crippen MR) is 90.4 cm³/mol. The van der Waals surface area contributed by atoms with Crippen LogP contribution in [0, 0.1) is 0 Å². The van der Waals surface area contributed by atoms with Gasteiger partial charge in [0.15, 0.2) is 0 Å². The van der Waals surface area contributed by atoms with Gasteiger partial charge >= 0.3 is 0 Å². The minimum Gasteiger partial charge on any atom is -0.312 e. The van der Waals surface area contributed by atoms with Gasteiger partial charge in [0, 0.05) is 22.7 Å². The molecule has 2 nitrogen and oxygen atoms in total. The summed E-state index contributed by atoms with van der Waals surface area (Å²) < 4.78 is 1.42. The van der Waals surface area contributed by atoms with E-state index in [9.17, 15) is 0 Å². The van der Waals surface area contributed by atoms with Gasteiger partial charge in [-0.3, -0.25) is 4.90 Å². The molecule has 0 saturated heterocycles. The average Bonchev–Trinajstić information content (AvgIpc) is 2.82. The second-order valence-corrected chi connectivity index (χ2v) is 6.29. The van der Waals surface area contributed by atoms with E-state index in [0.717, 1.165) is 26.2 Å². The van der Waals surface area contributed by atoms with Gasteiger partial charge in [-0.15, -0.1) is 11.3 Å². The minimum absolute atomic E-state index is 0.995. The summed E-state index contributed by atoms with van der Waals surface area (Å²) in [6, 6.07) is 8.82. The van der Waals surface area contributed by atoms with Crippen LogP contribution < -0.4 is 5.32 Å². The Morgan fingerprint density at radius 3 is 2.65 bits per heavy atom. The summed E-state index contributed by atoms with van der Waals surface area (Å²) in [5.41, 5.74) is 1.53. The third kappa shape index (κ3) is 3.60. The van der Waals surface area contributed by atoms with E-state index in [1.54, 1.807) is 0 Å². The van der Waals surface area contributed by atoms with Crippen LogP contribution in [0.15, 0.2) is 24.3 Å². The van der Waals surface area contributed by atoms with E-state index in [1.165, 1.54) is 33.5 Å². The molecule has 0 saturated carbocycles. The van der Waals surface area contributed by atoms with Gasteiger partial charge in [-0.25, -0.2) is 0 Å². The number of rotatable bonds is 8. The molecule has 2 aromatic rings. The molecule has 2 rings (SSSR count). The maximum absolute atomic E-state index is 3.48. The zero-order valence-electron chi connectivity index (χ0n) is 12.9. The molecule has 0 radical (unpaired) electrons. The van der Waals surface area contributed by atoms with E-state index in [0.29, 0.717) is 0 Å². The van der Waals surface area contributed by atoms with Gasteiger partial charge in [-0.05, 0) is 43.1 Å². The molecular weight excluding hydrogens is 264 g/mol. The molecule has 110 valence electrons. The highest BCUT2D eigenvalue weighted by molar-refractivity contribution is 7.19. The minimum atomic E-state index is 0.995. The topological polar surface area (TPSA) is 15.3 Å². The summed E-state index contributed by atoms with van der Waals surface area (Å²) in [6.45, 7) is 12.1. The highest BCUT2D eigenvalue weighted by Gasteiger charge is 2.14. The van der Waals surface area contributed by atoms with E-state index in [4.69, 9.17) is 0 Å². The summed E-state index contributed by atoms with van der Waals surface area (Å²) in [5.74, 6) is 0. The molecule has 0 fully saturated rings. The first-order chi connectivity index (χ1) is 9.80. The van der Waals surface area contributed by atoms with Crippen molar-refractivity contribution >= 4 is 21.4 Å². The Kier molecular flexibility index (Phi) is 6.02. The van der Waals surface area contributed by atoms with Gasteiger partial charge < -0.3 is 5.32 Å². The first-order valence-electron chi connectivity index (χ1n) is 7.72. The van der Waals surface area contributed by atoms with Crippen LogP contribution in [0.25, 0.3) is 10.1 Å². The number of nitrogens with zero attached hydrogens (tertiary/aromatic N) is 1. The van der Waals surface area contributed by atoms with Gasteiger partial charge in [0.25, 0.3) is 0 Å². The van der Waals surface area contributed by atoms with Crippen molar-refractivity contribution in [3.05, 3.63) is 34.7 Å². The van der Waals surface area contributed by atoms with Crippen molar-refractivity contribution in [2.24, 2.45) is 0 Å². The molecule has 0 unspecified atom stereocenters. The molecule has 1 aromatic heterocycles. The smallest absolute Gasteiger partial charge is 0.0349 e. The largest absolute Gasteiger partial charge is 0.312 e. The lowest BCUT2D eigenvalue weighted by Gasteiger charge is -2.20. The summed E-state index contributed by atoms with van der Waals surface area (Å²) in [5, 5.41) is 4.93. The van der Waals surface area contributed by atoms with Crippen molar-refractivity contribution in [3.63, 3.8) is 0 Å². The standard InChI is InChI=1S/C17H26N2S/c1-4-11-19(6-3)13-15-14-9-7-8-10-16(14)20-17(15)12-18-5-2/h7-10,18H,4-6,11-13H2,1-3H3. The van der Waals surface area contributed by atoms with E-state index >= 15 is 0 Å². The lowest BCUT2D eigenvalue weighted by Crippen LogP contribution is -2.24. The Bertz CT molecular complexity index is 533. The van der Waals surface area contributed by atoms with Crippen molar-refractivity contribution < 1.29 is 0 Å². The van der Waals surface area contributed by atoms with Crippen LogP contribution in [0.4, 0.5) is 0 Å². The Morgan fingerprint density at radius 1 is 1.15 bits per heavy atom. The van der Waals surface area contributed by atoms with Gasteiger partial charge in [-0.2, -0.15) is 0 Å². The summed E-state index contributed by atoms with van der Waals surface area (Å²) in [7, 11) is 0. The monoisotopic (exact) mass is 290 g/mol. The van der Waals surface area contributed by atoms with Crippen LogP contribution >= 0.6 is 11.3 Å². The van der Waals surface area contributed by atoms with Crippen molar-refractivity contribution in [1.82, 2.24) is 10.2 Å². The number of hydrogen-bond donors (Lipinski definition) is 1. The molecular formula is C17H26N2S. The molecule has 0 aliphatic heterocycles. The van der Waals surface area contributed by atoms with Gasteiger partial charge in [0.05, 0.1) is 0 Å². The third-order valence-electron chi connectivity index (χ3n) is 3.69. The highest BCUT2D eigenvalue weighted by atomic mass is 32.1. The van der Waals surface area contributed by atoms with Crippen molar-refractivity contribution in [2.75, 3.05) is 19.6 Å². The molecule has 0 bridgehead atoms. The maximum Gasteiger partial charge on any atom is 0.0349 e. The van der Waals surface area contributed by atoms with Crippen molar-refractivity contribution in [2.45, 2.75) is 40.3 Å². The molecule has 0 aliphatic carbocycles. The Balaban J connectivity index is 2.31. The van der Waals surface area contributed by atoms with Gasteiger partial charge in [0.2, 0.25) is 0 Å². The SMILES string of the molecule is CCCN(CC)Cc1c(CNCC)sc2ccccc12. The molecule has 0 aliphatic rings. The van der Waals surface area contributed by atoms with Gasteiger partial charge in [-0.1, -0.05) is 39.0 Å². The second kappa shape index (κ2) is 7.77. The Labute approximate surface area is 126 Å². The van der Waals surface area contributed by atoms with Crippen LogP contribution in [0.1, 0.15) is 37.6 Å². The average molecular weight is 290 g/mol. The van der Waals surface area contributed by atoms with Crippen LogP contribution in [0.2, 0.25) is 0 Å². The lowest BCUT2D eigenvalue weighted by atomic mass is 10.1. The molecule has 0 amide bonds. The summed E-state index contributed by atoms with van der Waals surface area (Å²) >= 11 is 1.95. The lowest BCUT2D eigenvalue weighted by molar-refractivity contribution is 0.281. The fraction of sp³-hybridized carbons (Fsp3) is 0.529. The Hall–Kier alpha value is -0.900. The molecule has 0 spiro atoms. The van der Waals surface area contributed by atoms with E-state index in [2.05, 4.69) is 55.3 Å². The van der Waals surface area contributed by atoms with E-state index in [1.807, 2.05) is 11.3 Å². The molecule has 1 aromatic carbocycles. The quantitative estimate of drug-likeness (QED) is 0.782. The molecule has 1 N–H and O–H groups in total. The van der Waals surface area contributed by atoms with Crippen molar-refractivity contribution in [1.29, 1.82) is 0 Å². The first-order valence-corrected chi connectivity index (χ1v) is 8.54. The fourth-order valence-electron chi connectivity index (χ4n) is 2.59. The van der Waals surface area contributed by atoms with Crippen LogP contribution in [-0.4, -0.2) is 24.5 Å². The molecule has 3 heteroatoms. The first kappa shape index (κ1) is 15.5. The predicted octanol–water partition coefficient (Wildman–Crippen LogP) is 4.24. The normalized spacial score (nSPS) is 11.6. The maximum atomic E-state index is 3.48. The second-order valence-electron chi connectivity index (χ2n) is 5.15. The third-order valence-corrected chi connectivity index (χ3v) is 4.90. The zero-order chi connectivity index (χ0) is 14.4. The van der Waals surface area contributed by atoms with Crippen LogP contribution in [0.5, 0.6) is 0 Å². The van der Waals surface area contributed by atoms with Crippen LogP contribution in [0.3, 0.4) is 0 Å². The number of fused-ring (bicyclic) bond motifs is 1. The molecule has 20 heavy (non-hydrogen) atoms. The summed E-state index contributed by atoms with van der Waals surface area (Å²) in [6.07, 6.45) is 1.22. The fourth-order valence-corrected chi connectivity index (χ4v) is 3.78.